The molecule has 0 atom stereocenters. The van der Waals surface area contributed by atoms with Gasteiger partial charge in [0.05, 0.1) is 23.4 Å². The molecule has 0 saturated carbocycles. The summed E-state index contributed by atoms with van der Waals surface area (Å²) in [6.07, 6.45) is 1.43. The fourth-order valence-electron chi connectivity index (χ4n) is 3.56. The van der Waals surface area contributed by atoms with Gasteiger partial charge in [-0.1, -0.05) is 42.0 Å². The molecule has 0 saturated heterocycles. The first-order valence-electron chi connectivity index (χ1n) is 11.3. The number of halogens is 1. The normalized spacial score (nSPS) is 10.9. The standard InChI is InChI=1S/C28H24BrN3O5/c1-17-7-9-21(10-8-17)31-26(34)16-37-27-23(29)11-18(12-25(27)36-2)15-30-32-28(35)22-13-19-5-3-4-6-20(19)14-24(22)33/h3-15,33H,16H2,1-2H3,(H,31,34)(H,32,35). The van der Waals surface area contributed by atoms with Gasteiger partial charge in [-0.25, -0.2) is 5.43 Å². The summed E-state index contributed by atoms with van der Waals surface area (Å²) in [4.78, 5) is 24.9. The van der Waals surface area contributed by atoms with Gasteiger partial charge in [0.2, 0.25) is 0 Å². The van der Waals surface area contributed by atoms with E-state index in [4.69, 9.17) is 9.47 Å². The number of phenols is 1. The van der Waals surface area contributed by atoms with E-state index in [-0.39, 0.29) is 23.8 Å². The van der Waals surface area contributed by atoms with Crippen molar-refractivity contribution in [3.05, 3.63) is 94.0 Å². The fraction of sp³-hybridized carbons (Fsp3) is 0.107. The van der Waals surface area contributed by atoms with Crippen LogP contribution in [-0.2, 0) is 4.79 Å². The molecule has 0 heterocycles. The monoisotopic (exact) mass is 561 g/mol. The molecule has 0 aliphatic heterocycles. The third-order valence-electron chi connectivity index (χ3n) is 5.42. The summed E-state index contributed by atoms with van der Waals surface area (Å²) in [6, 6.07) is 21.4. The van der Waals surface area contributed by atoms with Crippen molar-refractivity contribution in [3.8, 4) is 17.2 Å². The number of carbonyl (C=O) groups is 2. The number of rotatable bonds is 8. The van der Waals surface area contributed by atoms with Crippen LogP contribution in [0.15, 0.2) is 82.4 Å². The van der Waals surface area contributed by atoms with Crippen molar-refractivity contribution < 1.29 is 24.2 Å². The lowest BCUT2D eigenvalue weighted by atomic mass is 10.1. The summed E-state index contributed by atoms with van der Waals surface area (Å²) in [5.41, 5.74) is 4.91. The van der Waals surface area contributed by atoms with E-state index in [9.17, 15) is 14.7 Å². The van der Waals surface area contributed by atoms with Crippen molar-refractivity contribution >= 4 is 50.4 Å². The number of anilines is 1. The highest BCUT2D eigenvalue weighted by Crippen LogP contribution is 2.36. The summed E-state index contributed by atoms with van der Waals surface area (Å²) in [5, 5.41) is 18.7. The molecule has 8 nitrogen and oxygen atoms in total. The van der Waals surface area contributed by atoms with Crippen LogP contribution in [0.3, 0.4) is 0 Å². The minimum absolute atomic E-state index is 0.113. The Balaban J connectivity index is 1.40. The van der Waals surface area contributed by atoms with Gasteiger partial charge in [0.15, 0.2) is 18.1 Å². The highest BCUT2D eigenvalue weighted by atomic mass is 79.9. The van der Waals surface area contributed by atoms with Crippen molar-refractivity contribution in [1.29, 1.82) is 0 Å². The van der Waals surface area contributed by atoms with E-state index in [0.29, 0.717) is 27.2 Å². The van der Waals surface area contributed by atoms with Gasteiger partial charge in [0, 0.05) is 5.69 Å². The molecule has 0 aromatic heterocycles. The summed E-state index contributed by atoms with van der Waals surface area (Å²) < 4.78 is 11.6. The molecule has 188 valence electrons. The topological polar surface area (TPSA) is 109 Å². The first-order chi connectivity index (χ1) is 17.8. The van der Waals surface area contributed by atoms with Gasteiger partial charge < -0.3 is 19.9 Å². The molecule has 9 heteroatoms. The van der Waals surface area contributed by atoms with Crippen molar-refractivity contribution in [2.45, 2.75) is 6.92 Å². The Morgan fingerprint density at radius 1 is 1.03 bits per heavy atom. The van der Waals surface area contributed by atoms with E-state index in [1.807, 2.05) is 55.5 Å². The van der Waals surface area contributed by atoms with Crippen LogP contribution >= 0.6 is 15.9 Å². The molecule has 0 spiro atoms. The summed E-state index contributed by atoms with van der Waals surface area (Å²) in [6.45, 7) is 1.75. The lowest BCUT2D eigenvalue weighted by molar-refractivity contribution is -0.118. The molecule has 4 aromatic rings. The molecular formula is C28H24BrN3O5. The first kappa shape index (κ1) is 25.7. The van der Waals surface area contributed by atoms with Crippen LogP contribution in [0.25, 0.3) is 10.8 Å². The Hall–Kier alpha value is -4.37. The van der Waals surface area contributed by atoms with Crippen LogP contribution in [0, 0.1) is 6.92 Å². The maximum Gasteiger partial charge on any atom is 0.275 e. The van der Waals surface area contributed by atoms with E-state index in [2.05, 4.69) is 31.8 Å². The third kappa shape index (κ3) is 6.45. The number of carbonyl (C=O) groups excluding carboxylic acids is 2. The second-order valence-corrected chi connectivity index (χ2v) is 9.01. The van der Waals surface area contributed by atoms with E-state index in [1.165, 1.54) is 19.4 Å². The predicted octanol–water partition coefficient (Wildman–Crippen LogP) is 5.41. The van der Waals surface area contributed by atoms with Gasteiger partial charge in [-0.2, -0.15) is 5.10 Å². The molecule has 3 N–H and O–H groups in total. The largest absolute Gasteiger partial charge is 0.507 e. The van der Waals surface area contributed by atoms with Gasteiger partial charge >= 0.3 is 0 Å². The van der Waals surface area contributed by atoms with Crippen LogP contribution in [0.2, 0.25) is 0 Å². The molecule has 0 aliphatic carbocycles. The van der Waals surface area contributed by atoms with Crippen LogP contribution in [-0.4, -0.2) is 36.9 Å². The number of fused-ring (bicyclic) bond motifs is 1. The lowest BCUT2D eigenvalue weighted by Gasteiger charge is -2.13. The number of aromatic hydroxyl groups is 1. The van der Waals surface area contributed by atoms with Gasteiger partial charge in [0.1, 0.15) is 5.75 Å². The molecule has 0 fully saturated rings. The van der Waals surface area contributed by atoms with Gasteiger partial charge in [0.25, 0.3) is 11.8 Å². The number of nitrogens with zero attached hydrogens (tertiary/aromatic N) is 1. The summed E-state index contributed by atoms with van der Waals surface area (Å²) in [7, 11) is 1.48. The number of benzene rings is 4. The molecule has 0 aliphatic rings. The Morgan fingerprint density at radius 3 is 2.43 bits per heavy atom. The van der Waals surface area contributed by atoms with E-state index < -0.39 is 5.91 Å². The number of nitrogens with one attached hydrogen (secondary N) is 2. The van der Waals surface area contributed by atoms with Gasteiger partial charge in [-0.05, 0) is 75.6 Å². The number of methoxy groups -OCH3 is 1. The van der Waals surface area contributed by atoms with Crippen LogP contribution < -0.4 is 20.2 Å². The smallest absolute Gasteiger partial charge is 0.275 e. The molecule has 4 rings (SSSR count). The number of hydrogen-bond acceptors (Lipinski definition) is 6. The zero-order valence-electron chi connectivity index (χ0n) is 20.1. The Labute approximate surface area is 222 Å². The average Bonchev–Trinajstić information content (AvgIpc) is 2.88. The van der Waals surface area contributed by atoms with Gasteiger partial charge in [-0.15, -0.1) is 0 Å². The number of ether oxygens (including phenoxy) is 2. The summed E-state index contributed by atoms with van der Waals surface area (Å²) in [5.74, 6) is -0.279. The third-order valence-corrected chi connectivity index (χ3v) is 6.01. The lowest BCUT2D eigenvalue weighted by Crippen LogP contribution is -2.20. The predicted molar refractivity (Wildman–Crippen MR) is 147 cm³/mol. The number of phenolic OH excluding ortho intramolecular Hbond substituents is 1. The van der Waals surface area contributed by atoms with E-state index >= 15 is 0 Å². The van der Waals surface area contributed by atoms with Crippen molar-refractivity contribution in [3.63, 3.8) is 0 Å². The zero-order valence-corrected chi connectivity index (χ0v) is 21.7. The molecule has 37 heavy (non-hydrogen) atoms. The summed E-state index contributed by atoms with van der Waals surface area (Å²) >= 11 is 3.44. The minimum atomic E-state index is -0.551. The number of hydrogen-bond donors (Lipinski definition) is 3. The fourth-order valence-corrected chi connectivity index (χ4v) is 4.14. The molecule has 0 unspecified atom stereocenters. The molecular weight excluding hydrogens is 538 g/mol. The van der Waals surface area contributed by atoms with Crippen LogP contribution in [0.5, 0.6) is 17.2 Å². The Bertz CT molecular complexity index is 1490. The van der Waals surface area contributed by atoms with Crippen molar-refractivity contribution in [1.82, 2.24) is 5.43 Å². The van der Waals surface area contributed by atoms with Crippen LogP contribution in [0.4, 0.5) is 5.69 Å². The van der Waals surface area contributed by atoms with Crippen molar-refractivity contribution in [2.75, 3.05) is 19.0 Å². The number of hydrazone groups is 1. The average molecular weight is 562 g/mol. The van der Waals surface area contributed by atoms with Crippen molar-refractivity contribution in [2.24, 2.45) is 5.10 Å². The molecule has 0 radical (unpaired) electrons. The highest BCUT2D eigenvalue weighted by Gasteiger charge is 2.14. The second-order valence-electron chi connectivity index (χ2n) is 8.15. The number of aryl methyl sites for hydroxylation is 1. The molecule has 4 aromatic carbocycles. The SMILES string of the molecule is COc1cc(C=NNC(=O)c2cc3ccccc3cc2O)cc(Br)c1OCC(=O)Nc1ccc(C)cc1. The molecule has 2 amide bonds. The first-order valence-corrected chi connectivity index (χ1v) is 12.1. The second kappa shape index (κ2) is 11.6. The molecule has 0 bridgehead atoms. The number of amides is 2. The van der Waals surface area contributed by atoms with Crippen LogP contribution in [0.1, 0.15) is 21.5 Å². The maximum absolute atomic E-state index is 12.6. The highest BCUT2D eigenvalue weighted by molar-refractivity contribution is 9.10. The zero-order chi connectivity index (χ0) is 26.4. The quantitative estimate of drug-likeness (QED) is 0.197. The Morgan fingerprint density at radius 2 is 1.73 bits per heavy atom. The van der Waals surface area contributed by atoms with E-state index in [1.54, 1.807) is 18.2 Å². The van der Waals surface area contributed by atoms with E-state index in [0.717, 1.165) is 16.3 Å². The minimum Gasteiger partial charge on any atom is -0.507 e. The maximum atomic E-state index is 12.6. The van der Waals surface area contributed by atoms with Gasteiger partial charge in [-0.3, -0.25) is 9.59 Å². The Kier molecular flexibility index (Phi) is 8.05.